The summed E-state index contributed by atoms with van der Waals surface area (Å²) >= 11 is 0. The van der Waals surface area contributed by atoms with Crippen molar-refractivity contribution in [3.8, 4) is 17.2 Å². The third kappa shape index (κ3) is 9.01. The van der Waals surface area contributed by atoms with E-state index in [1.807, 2.05) is 0 Å². The third-order valence-electron chi connectivity index (χ3n) is 5.73. The number of anilines is 1. The molecule has 1 amide bonds. The molecule has 0 saturated heterocycles. The lowest BCUT2D eigenvalue weighted by Crippen LogP contribution is -2.26. The van der Waals surface area contributed by atoms with Crippen LogP contribution in [0.2, 0.25) is 0 Å². The number of nitrogens with zero attached hydrogens (tertiary/aromatic N) is 5. The zero-order valence-corrected chi connectivity index (χ0v) is 22.2. The lowest BCUT2D eigenvalue weighted by Gasteiger charge is -2.15. The van der Waals surface area contributed by atoms with Crippen molar-refractivity contribution >= 4 is 17.3 Å². The molecule has 0 aliphatic rings. The smallest absolute Gasteiger partial charge is 0.282 e. The number of carbonyl (C=O) groups is 1. The van der Waals surface area contributed by atoms with Gasteiger partial charge in [0.25, 0.3) is 5.91 Å². The number of unbranched alkanes of at least 4 members (excludes halogenated alkanes) is 9. The maximum atomic E-state index is 13.1. The first kappa shape index (κ1) is 28.9. The van der Waals surface area contributed by atoms with Crippen molar-refractivity contribution in [2.24, 2.45) is 5.16 Å². The fraction of sp³-hybridized carbons (Fsp3) is 0.640. The molecule has 0 atom stereocenters. The number of aromatic nitrogens is 4. The molecule has 0 radical (unpaired) electrons. The van der Waals surface area contributed by atoms with Crippen LogP contribution in [0.3, 0.4) is 0 Å². The van der Waals surface area contributed by atoms with Crippen LogP contribution in [0.15, 0.2) is 17.3 Å². The zero-order valence-electron chi connectivity index (χ0n) is 22.2. The Morgan fingerprint density at radius 1 is 0.889 bits per heavy atom. The molecule has 0 aliphatic carbocycles. The maximum Gasteiger partial charge on any atom is 0.282 e. The predicted molar refractivity (Wildman–Crippen MR) is 138 cm³/mol. The lowest BCUT2D eigenvalue weighted by atomic mass is 10.1. The molecule has 2 aromatic rings. The van der Waals surface area contributed by atoms with E-state index in [2.05, 4.69) is 32.8 Å². The first-order chi connectivity index (χ1) is 17.6. The van der Waals surface area contributed by atoms with Crippen molar-refractivity contribution in [3.63, 3.8) is 0 Å². The van der Waals surface area contributed by atoms with Gasteiger partial charge in [-0.2, -0.15) is 4.80 Å². The van der Waals surface area contributed by atoms with Gasteiger partial charge in [0, 0.05) is 12.1 Å². The summed E-state index contributed by atoms with van der Waals surface area (Å²) in [7, 11) is 5.83. The summed E-state index contributed by atoms with van der Waals surface area (Å²) in [5.41, 5.74) is 0.194. The highest BCUT2D eigenvalue weighted by Crippen LogP contribution is 2.38. The van der Waals surface area contributed by atoms with E-state index >= 15 is 0 Å². The maximum absolute atomic E-state index is 13.1. The van der Waals surface area contributed by atoms with Crippen LogP contribution in [0, 0.1) is 0 Å². The number of amides is 1. The molecule has 36 heavy (non-hydrogen) atoms. The van der Waals surface area contributed by atoms with Crippen LogP contribution < -0.4 is 19.5 Å². The van der Waals surface area contributed by atoms with Crippen molar-refractivity contribution in [1.82, 2.24) is 20.2 Å². The first-order valence-corrected chi connectivity index (χ1v) is 12.6. The second-order valence-electron chi connectivity index (χ2n) is 8.37. The summed E-state index contributed by atoms with van der Waals surface area (Å²) in [4.78, 5) is 19.4. The highest BCUT2D eigenvalue weighted by atomic mass is 16.6. The monoisotopic (exact) mass is 504 g/mol. The lowest BCUT2D eigenvalue weighted by molar-refractivity contribution is -0.110. The van der Waals surface area contributed by atoms with Crippen LogP contribution >= 0.6 is 0 Å². The standard InChI is InChI=1S/C25H40N6O5/c1-6-7-8-9-10-11-12-13-14-15-16-31-28-24(27-30-31)23(29-36-5)25(32)26-22-20(34-3)17-19(33-2)18-21(22)35-4/h17-18H,6-16H2,1-5H3,(H,26,32)/b29-23+. The fourth-order valence-electron chi connectivity index (χ4n) is 3.75. The van der Waals surface area contributed by atoms with Crippen molar-refractivity contribution in [2.45, 2.75) is 77.7 Å². The molecular formula is C25H40N6O5. The number of hydrogen-bond donors (Lipinski definition) is 1. The van der Waals surface area contributed by atoms with E-state index < -0.39 is 5.91 Å². The van der Waals surface area contributed by atoms with Crippen molar-refractivity contribution in [1.29, 1.82) is 0 Å². The quantitative estimate of drug-likeness (QED) is 0.177. The Bertz CT molecular complexity index is 937. The normalized spacial score (nSPS) is 11.3. The second-order valence-corrected chi connectivity index (χ2v) is 8.37. The number of nitrogens with one attached hydrogen (secondary N) is 1. The van der Waals surface area contributed by atoms with E-state index in [1.165, 1.54) is 84.6 Å². The SMILES string of the molecule is CCCCCCCCCCCCn1nnc(/C(=N\OC)C(=O)Nc2c(OC)cc(OC)cc2OC)n1. The molecule has 200 valence electrons. The van der Waals surface area contributed by atoms with E-state index in [-0.39, 0.29) is 11.5 Å². The molecule has 11 nitrogen and oxygen atoms in total. The highest BCUT2D eigenvalue weighted by molar-refractivity contribution is 6.48. The number of tetrazole rings is 1. The summed E-state index contributed by atoms with van der Waals surface area (Å²) in [6, 6.07) is 3.26. The molecule has 11 heteroatoms. The number of ether oxygens (including phenoxy) is 3. The molecule has 2 rings (SSSR count). The summed E-state index contributed by atoms with van der Waals surface area (Å²) in [5.74, 6) is 0.692. The second kappa shape index (κ2) is 16.3. The molecular weight excluding hydrogens is 464 g/mol. The molecule has 1 aromatic heterocycles. The molecule has 0 bridgehead atoms. The van der Waals surface area contributed by atoms with Gasteiger partial charge in [-0.15, -0.1) is 10.2 Å². The number of rotatable bonds is 18. The van der Waals surface area contributed by atoms with Crippen molar-refractivity contribution < 1.29 is 23.8 Å². The van der Waals surface area contributed by atoms with E-state index in [4.69, 9.17) is 19.0 Å². The topological polar surface area (TPSA) is 122 Å². The van der Waals surface area contributed by atoms with Gasteiger partial charge in [0.1, 0.15) is 30.0 Å². The summed E-state index contributed by atoms with van der Waals surface area (Å²) in [6.07, 6.45) is 12.4. The van der Waals surface area contributed by atoms with Crippen LogP contribution in [-0.2, 0) is 16.2 Å². The number of methoxy groups -OCH3 is 3. The van der Waals surface area contributed by atoms with Gasteiger partial charge in [0.05, 0.1) is 27.9 Å². The Morgan fingerprint density at radius 2 is 1.47 bits per heavy atom. The average molecular weight is 505 g/mol. The largest absolute Gasteiger partial charge is 0.496 e. The number of carbonyl (C=O) groups excluding carboxylic acids is 1. The van der Waals surface area contributed by atoms with Gasteiger partial charge in [-0.05, 0) is 11.6 Å². The van der Waals surface area contributed by atoms with Gasteiger partial charge < -0.3 is 24.4 Å². The molecule has 0 spiro atoms. The van der Waals surface area contributed by atoms with Gasteiger partial charge in [0.15, 0.2) is 0 Å². The molecule has 1 heterocycles. The number of oxime groups is 1. The molecule has 1 aromatic carbocycles. The van der Waals surface area contributed by atoms with Gasteiger partial charge in [-0.1, -0.05) is 69.9 Å². The molecule has 1 N–H and O–H groups in total. The van der Waals surface area contributed by atoms with Gasteiger partial charge in [-0.25, -0.2) is 0 Å². The van der Waals surface area contributed by atoms with E-state index in [1.54, 1.807) is 12.1 Å². The van der Waals surface area contributed by atoms with Gasteiger partial charge in [-0.3, -0.25) is 4.79 Å². The minimum absolute atomic E-state index is 0.0628. The molecule has 0 fully saturated rings. The number of hydrogen-bond acceptors (Lipinski definition) is 9. The van der Waals surface area contributed by atoms with Crippen LogP contribution in [0.25, 0.3) is 0 Å². The molecule has 0 saturated carbocycles. The predicted octanol–water partition coefficient (Wildman–Crippen LogP) is 4.61. The Hall–Kier alpha value is -3.37. The Balaban J connectivity index is 1.93. The fourth-order valence-corrected chi connectivity index (χ4v) is 3.75. The van der Waals surface area contributed by atoms with Crippen LogP contribution in [0.1, 0.15) is 77.0 Å². The Kier molecular flexibility index (Phi) is 13.1. The van der Waals surface area contributed by atoms with Crippen LogP contribution in [0.4, 0.5) is 5.69 Å². The van der Waals surface area contributed by atoms with Crippen LogP contribution in [0.5, 0.6) is 17.2 Å². The third-order valence-corrected chi connectivity index (χ3v) is 5.73. The first-order valence-electron chi connectivity index (χ1n) is 12.6. The summed E-state index contributed by atoms with van der Waals surface area (Å²) in [5, 5.41) is 19.0. The highest BCUT2D eigenvalue weighted by Gasteiger charge is 2.24. The van der Waals surface area contributed by atoms with Crippen molar-refractivity contribution in [2.75, 3.05) is 33.8 Å². The van der Waals surface area contributed by atoms with Crippen molar-refractivity contribution in [3.05, 3.63) is 18.0 Å². The van der Waals surface area contributed by atoms with E-state index in [0.29, 0.717) is 29.5 Å². The van der Waals surface area contributed by atoms with Gasteiger partial charge in [0.2, 0.25) is 11.5 Å². The Labute approximate surface area is 213 Å². The Morgan fingerprint density at radius 3 is 2.00 bits per heavy atom. The van der Waals surface area contributed by atoms with Crippen LogP contribution in [-0.4, -0.2) is 60.3 Å². The minimum atomic E-state index is -0.600. The molecule has 0 aliphatic heterocycles. The van der Waals surface area contributed by atoms with Gasteiger partial charge >= 0.3 is 0 Å². The zero-order chi connectivity index (χ0) is 26.2. The van der Waals surface area contributed by atoms with E-state index in [0.717, 1.165) is 12.8 Å². The van der Waals surface area contributed by atoms with E-state index in [9.17, 15) is 4.79 Å². The number of benzene rings is 1. The summed E-state index contributed by atoms with van der Waals surface area (Å²) < 4.78 is 16.0. The average Bonchev–Trinajstić information content (AvgIpc) is 3.36. The molecule has 0 unspecified atom stereocenters. The number of aryl methyl sites for hydroxylation is 1. The minimum Gasteiger partial charge on any atom is -0.496 e. The summed E-state index contributed by atoms with van der Waals surface area (Å²) in [6.45, 7) is 2.86.